The Morgan fingerprint density at radius 3 is 2.13 bits per heavy atom. The van der Waals surface area contributed by atoms with Crippen LogP contribution in [0.15, 0.2) is 59.1 Å². The molecule has 0 amide bonds. The largest absolute Gasteiger partial charge is 0.334 e. The minimum atomic E-state index is -0.411. The molecular weight excluding hydrogens is 286 g/mol. The summed E-state index contributed by atoms with van der Waals surface area (Å²) in [6, 6.07) is 18.4. The van der Waals surface area contributed by atoms with Crippen molar-refractivity contribution in [2.45, 2.75) is 31.2 Å². The first kappa shape index (κ1) is 14.2. The Labute approximate surface area is 135 Å². The third-order valence-corrected chi connectivity index (χ3v) is 4.61. The predicted molar refractivity (Wildman–Crippen MR) is 89.5 cm³/mol. The molecule has 4 nitrogen and oxygen atoms in total. The molecule has 4 heteroatoms. The van der Waals surface area contributed by atoms with Crippen LogP contribution in [0.2, 0.25) is 0 Å². The maximum atomic E-state index is 6.39. The zero-order valence-electron chi connectivity index (χ0n) is 12.9. The molecule has 1 saturated carbocycles. The lowest BCUT2D eigenvalue weighted by atomic mass is 9.98. The molecule has 4 rings (SSSR count). The Bertz CT molecular complexity index is 787. The fourth-order valence-corrected chi connectivity index (χ4v) is 3.21. The Balaban J connectivity index is 1.60. The van der Waals surface area contributed by atoms with E-state index in [2.05, 4.69) is 34.4 Å². The molecule has 0 aliphatic heterocycles. The second-order valence-electron chi connectivity index (χ2n) is 6.23. The highest BCUT2D eigenvalue weighted by Crippen LogP contribution is 2.35. The number of hydrogen-bond acceptors (Lipinski definition) is 4. The van der Waals surface area contributed by atoms with Gasteiger partial charge >= 0.3 is 0 Å². The molecular formula is C19H19N3O. The van der Waals surface area contributed by atoms with Crippen molar-refractivity contribution >= 4 is 0 Å². The summed E-state index contributed by atoms with van der Waals surface area (Å²) in [5.74, 6) is 1.17. The highest BCUT2D eigenvalue weighted by Gasteiger charge is 2.36. The Hall–Kier alpha value is -2.46. The van der Waals surface area contributed by atoms with Crippen molar-refractivity contribution in [2.24, 2.45) is 5.73 Å². The highest BCUT2D eigenvalue weighted by atomic mass is 16.5. The van der Waals surface area contributed by atoms with Gasteiger partial charge in [0.25, 0.3) is 5.89 Å². The predicted octanol–water partition coefficient (Wildman–Crippen LogP) is 4.13. The first-order valence-corrected chi connectivity index (χ1v) is 8.04. The minimum absolute atomic E-state index is 0.411. The van der Waals surface area contributed by atoms with Crippen LogP contribution >= 0.6 is 0 Å². The van der Waals surface area contributed by atoms with Gasteiger partial charge in [0.1, 0.15) is 0 Å². The molecule has 1 aliphatic rings. The van der Waals surface area contributed by atoms with Crippen LogP contribution < -0.4 is 5.73 Å². The molecule has 0 atom stereocenters. The number of rotatable bonds is 3. The topological polar surface area (TPSA) is 64.9 Å². The van der Waals surface area contributed by atoms with Gasteiger partial charge in [-0.05, 0) is 36.1 Å². The van der Waals surface area contributed by atoms with Crippen molar-refractivity contribution in [3.05, 3.63) is 60.4 Å². The first-order chi connectivity index (χ1) is 11.2. The van der Waals surface area contributed by atoms with Crippen molar-refractivity contribution in [3.8, 4) is 22.6 Å². The summed E-state index contributed by atoms with van der Waals surface area (Å²) in [4.78, 5) is 4.53. The molecule has 0 spiro atoms. The van der Waals surface area contributed by atoms with Crippen molar-refractivity contribution in [2.75, 3.05) is 0 Å². The zero-order chi connectivity index (χ0) is 15.7. The smallest absolute Gasteiger partial charge is 0.257 e. The van der Waals surface area contributed by atoms with E-state index >= 15 is 0 Å². The van der Waals surface area contributed by atoms with Crippen LogP contribution in [0, 0.1) is 0 Å². The van der Waals surface area contributed by atoms with Gasteiger partial charge in [-0.3, -0.25) is 0 Å². The van der Waals surface area contributed by atoms with Gasteiger partial charge in [-0.1, -0.05) is 60.5 Å². The molecule has 0 unspecified atom stereocenters. The van der Waals surface area contributed by atoms with Crippen LogP contribution in [0.25, 0.3) is 22.6 Å². The Morgan fingerprint density at radius 2 is 1.43 bits per heavy atom. The number of nitrogens with zero attached hydrogens (tertiary/aromatic N) is 2. The molecule has 1 fully saturated rings. The third-order valence-electron chi connectivity index (χ3n) is 4.61. The van der Waals surface area contributed by atoms with Gasteiger partial charge in [-0.2, -0.15) is 4.98 Å². The van der Waals surface area contributed by atoms with Crippen LogP contribution in [-0.4, -0.2) is 10.1 Å². The fourth-order valence-electron chi connectivity index (χ4n) is 3.21. The second kappa shape index (κ2) is 5.63. The average Bonchev–Trinajstić information content (AvgIpc) is 3.26. The van der Waals surface area contributed by atoms with E-state index in [1.165, 1.54) is 11.1 Å². The monoisotopic (exact) mass is 305 g/mol. The lowest BCUT2D eigenvalue weighted by Crippen LogP contribution is -2.34. The van der Waals surface area contributed by atoms with E-state index in [9.17, 15) is 0 Å². The number of aromatic nitrogens is 2. The van der Waals surface area contributed by atoms with Crippen molar-refractivity contribution in [3.63, 3.8) is 0 Å². The molecule has 2 N–H and O–H groups in total. The molecule has 0 bridgehead atoms. The molecule has 1 heterocycles. The minimum Gasteiger partial charge on any atom is -0.334 e. The van der Waals surface area contributed by atoms with E-state index in [-0.39, 0.29) is 0 Å². The maximum Gasteiger partial charge on any atom is 0.257 e. The van der Waals surface area contributed by atoms with E-state index in [4.69, 9.17) is 10.3 Å². The molecule has 23 heavy (non-hydrogen) atoms. The standard InChI is InChI=1S/C19H19N3O/c20-19(12-4-5-13-19)18-21-17(23-22-18)16-10-8-15(9-11-16)14-6-2-1-3-7-14/h1-3,6-11H,4-5,12-13,20H2. The van der Waals surface area contributed by atoms with Crippen LogP contribution in [0.3, 0.4) is 0 Å². The van der Waals surface area contributed by atoms with Gasteiger partial charge in [0.05, 0.1) is 5.54 Å². The summed E-state index contributed by atoms with van der Waals surface area (Å²) in [6.07, 6.45) is 4.12. The molecule has 2 aromatic carbocycles. The Kier molecular flexibility index (Phi) is 3.46. The maximum absolute atomic E-state index is 6.39. The summed E-state index contributed by atoms with van der Waals surface area (Å²) in [6.45, 7) is 0. The van der Waals surface area contributed by atoms with Crippen LogP contribution in [0.1, 0.15) is 31.5 Å². The van der Waals surface area contributed by atoms with Crippen molar-refractivity contribution < 1.29 is 4.52 Å². The van der Waals surface area contributed by atoms with Crippen LogP contribution in [-0.2, 0) is 5.54 Å². The summed E-state index contributed by atoms with van der Waals surface area (Å²) >= 11 is 0. The summed E-state index contributed by atoms with van der Waals surface area (Å²) in [5.41, 5.74) is 9.26. The average molecular weight is 305 g/mol. The number of benzene rings is 2. The van der Waals surface area contributed by atoms with Gasteiger partial charge < -0.3 is 10.3 Å². The van der Waals surface area contributed by atoms with Crippen LogP contribution in [0.4, 0.5) is 0 Å². The highest BCUT2D eigenvalue weighted by molar-refractivity contribution is 5.67. The fraction of sp³-hybridized carbons (Fsp3) is 0.263. The molecule has 3 aromatic rings. The van der Waals surface area contributed by atoms with E-state index < -0.39 is 5.54 Å². The van der Waals surface area contributed by atoms with Gasteiger partial charge in [0.15, 0.2) is 5.82 Å². The van der Waals surface area contributed by atoms with Gasteiger partial charge in [-0.25, -0.2) is 0 Å². The second-order valence-corrected chi connectivity index (χ2v) is 6.23. The third kappa shape index (κ3) is 2.66. The lowest BCUT2D eigenvalue weighted by Gasteiger charge is -2.17. The first-order valence-electron chi connectivity index (χ1n) is 8.04. The molecule has 0 saturated heterocycles. The van der Waals surface area contributed by atoms with Crippen LogP contribution in [0.5, 0.6) is 0 Å². The molecule has 1 aliphatic carbocycles. The van der Waals surface area contributed by atoms with E-state index in [1.54, 1.807) is 0 Å². The number of hydrogen-bond donors (Lipinski definition) is 1. The summed E-state index contributed by atoms with van der Waals surface area (Å²) in [7, 11) is 0. The van der Waals surface area contributed by atoms with Gasteiger partial charge in [0.2, 0.25) is 0 Å². The van der Waals surface area contributed by atoms with E-state index in [0.717, 1.165) is 31.2 Å². The SMILES string of the molecule is NC1(c2noc(-c3ccc(-c4ccccc4)cc3)n2)CCCC1. The quantitative estimate of drug-likeness (QED) is 0.790. The Morgan fingerprint density at radius 1 is 0.826 bits per heavy atom. The van der Waals surface area contributed by atoms with Crippen molar-refractivity contribution in [1.29, 1.82) is 0 Å². The van der Waals surface area contributed by atoms with E-state index in [0.29, 0.717) is 11.7 Å². The summed E-state index contributed by atoms with van der Waals surface area (Å²) in [5, 5.41) is 4.12. The van der Waals surface area contributed by atoms with E-state index in [1.807, 2.05) is 30.3 Å². The molecule has 0 radical (unpaired) electrons. The normalized spacial score (nSPS) is 16.6. The zero-order valence-corrected chi connectivity index (χ0v) is 12.9. The van der Waals surface area contributed by atoms with Gasteiger partial charge in [0, 0.05) is 5.56 Å². The lowest BCUT2D eigenvalue weighted by molar-refractivity contribution is 0.372. The summed E-state index contributed by atoms with van der Waals surface area (Å²) < 4.78 is 5.43. The number of nitrogens with two attached hydrogens (primary N) is 1. The van der Waals surface area contributed by atoms with Crippen molar-refractivity contribution in [1.82, 2.24) is 10.1 Å². The molecule has 1 aromatic heterocycles. The van der Waals surface area contributed by atoms with Gasteiger partial charge in [-0.15, -0.1) is 0 Å². The molecule has 116 valence electrons.